The number of nitrogens with one attached hydrogen (secondary N) is 2. The van der Waals surface area contributed by atoms with Gasteiger partial charge in [-0.05, 0) is 67.5 Å². The minimum atomic E-state index is -4.29. The lowest BCUT2D eigenvalue weighted by Gasteiger charge is -2.42. The van der Waals surface area contributed by atoms with E-state index in [1.54, 1.807) is 24.3 Å². The summed E-state index contributed by atoms with van der Waals surface area (Å²) >= 11 is 12.2. The minimum Gasteiger partial charge on any atom is -0.379 e. The lowest BCUT2D eigenvalue weighted by molar-refractivity contribution is -0.126. The van der Waals surface area contributed by atoms with E-state index < -0.39 is 22.0 Å². The Morgan fingerprint density at radius 1 is 0.933 bits per heavy atom. The third-order valence-corrected chi connectivity index (χ3v) is 11.5. The first-order chi connectivity index (χ1) is 21.7. The summed E-state index contributed by atoms with van der Waals surface area (Å²) in [7, 11) is -4.29. The van der Waals surface area contributed by atoms with Gasteiger partial charge in [0.1, 0.15) is 6.04 Å². The van der Waals surface area contributed by atoms with Crippen LogP contribution in [0.2, 0.25) is 10.0 Å². The molecule has 0 spiro atoms. The van der Waals surface area contributed by atoms with E-state index in [1.807, 2.05) is 6.07 Å². The van der Waals surface area contributed by atoms with Crippen LogP contribution in [0, 0.1) is 5.92 Å². The highest BCUT2D eigenvalue weighted by molar-refractivity contribution is 7.93. The molecule has 3 aliphatic rings. The first-order valence-corrected chi connectivity index (χ1v) is 17.5. The molecule has 2 unspecified atom stereocenters. The Morgan fingerprint density at radius 2 is 1.62 bits per heavy atom. The van der Waals surface area contributed by atoms with Gasteiger partial charge in [0, 0.05) is 25.2 Å². The molecule has 2 atom stereocenters. The Balaban J connectivity index is 1.16. The van der Waals surface area contributed by atoms with Crippen molar-refractivity contribution in [3.63, 3.8) is 0 Å². The number of rotatable bonds is 8. The van der Waals surface area contributed by atoms with E-state index in [-0.39, 0.29) is 45.0 Å². The predicted molar refractivity (Wildman–Crippen MR) is 175 cm³/mol. The first-order valence-electron chi connectivity index (χ1n) is 15.3. The van der Waals surface area contributed by atoms with Gasteiger partial charge >= 0.3 is 0 Å². The standard InChI is InChI=1S/C33H36Cl2N4O5S/c34-26-15-14-25(20-27(26)35)45(42,43)39-29-9-5-4-8-28(29)37-33(41)30(39)21-31(40)36-24-12-10-23(11-13-24)32(22-6-2-1-3-7-22)38-16-18-44-19-17-38/h1-9,14-15,20,23-24,30,32H,10-13,16-19,21H2,(H,36,40)(H,37,41). The van der Waals surface area contributed by atoms with Crippen LogP contribution in [0.5, 0.6) is 0 Å². The number of benzene rings is 3. The summed E-state index contributed by atoms with van der Waals surface area (Å²) in [6.45, 7) is 3.24. The molecular formula is C33H36Cl2N4O5S. The molecule has 1 saturated heterocycles. The number of hydrogen-bond donors (Lipinski definition) is 2. The number of fused-ring (bicyclic) bond motifs is 1. The van der Waals surface area contributed by atoms with Crippen LogP contribution < -0.4 is 14.9 Å². The van der Waals surface area contributed by atoms with E-state index in [4.69, 9.17) is 27.9 Å². The van der Waals surface area contributed by atoms with Gasteiger partial charge < -0.3 is 15.4 Å². The van der Waals surface area contributed by atoms with Gasteiger partial charge in [-0.2, -0.15) is 0 Å². The van der Waals surface area contributed by atoms with Crippen molar-refractivity contribution in [1.29, 1.82) is 0 Å². The highest BCUT2D eigenvalue weighted by atomic mass is 35.5. The Hall–Kier alpha value is -3.15. The zero-order valence-corrected chi connectivity index (χ0v) is 27.0. The monoisotopic (exact) mass is 670 g/mol. The van der Waals surface area contributed by atoms with Crippen molar-refractivity contribution < 1.29 is 22.7 Å². The van der Waals surface area contributed by atoms with E-state index >= 15 is 0 Å². The molecule has 1 aliphatic carbocycles. The highest BCUT2D eigenvalue weighted by Gasteiger charge is 2.42. The van der Waals surface area contributed by atoms with Crippen molar-refractivity contribution in [3.8, 4) is 0 Å². The molecule has 6 rings (SSSR count). The van der Waals surface area contributed by atoms with Crippen LogP contribution in [0.15, 0.2) is 77.7 Å². The predicted octanol–water partition coefficient (Wildman–Crippen LogP) is 5.65. The summed E-state index contributed by atoms with van der Waals surface area (Å²) < 4.78 is 34.6. The Kier molecular flexibility index (Phi) is 9.68. The number of morpholine rings is 1. The second kappa shape index (κ2) is 13.7. The molecule has 2 heterocycles. The average molecular weight is 672 g/mol. The van der Waals surface area contributed by atoms with Crippen LogP contribution in [-0.2, 0) is 24.3 Å². The van der Waals surface area contributed by atoms with Gasteiger partial charge in [-0.15, -0.1) is 0 Å². The van der Waals surface area contributed by atoms with Crippen molar-refractivity contribution in [3.05, 3.63) is 88.4 Å². The topological polar surface area (TPSA) is 108 Å². The molecule has 3 aromatic rings. The molecule has 9 nitrogen and oxygen atoms in total. The quantitative estimate of drug-likeness (QED) is 0.321. The maximum atomic E-state index is 14.0. The molecule has 2 N–H and O–H groups in total. The number of halogens is 2. The second-order valence-corrected chi connectivity index (χ2v) is 14.4. The molecule has 0 aromatic heterocycles. The number of para-hydroxylation sites is 2. The zero-order valence-electron chi connectivity index (χ0n) is 24.7. The number of carbonyl (C=O) groups excluding carboxylic acids is 2. The molecule has 45 heavy (non-hydrogen) atoms. The second-order valence-electron chi connectivity index (χ2n) is 11.8. The van der Waals surface area contributed by atoms with Crippen molar-refractivity contribution in [2.24, 2.45) is 5.92 Å². The van der Waals surface area contributed by atoms with Crippen LogP contribution in [0.3, 0.4) is 0 Å². The summed E-state index contributed by atoms with van der Waals surface area (Å²) in [5, 5.41) is 6.15. The molecule has 3 aromatic carbocycles. The van der Waals surface area contributed by atoms with E-state index in [0.29, 0.717) is 11.6 Å². The van der Waals surface area contributed by atoms with Gasteiger partial charge in [0.15, 0.2) is 0 Å². The third-order valence-electron chi connectivity index (χ3n) is 8.98. The maximum Gasteiger partial charge on any atom is 0.265 e. The number of nitrogens with zero attached hydrogens (tertiary/aromatic N) is 2. The zero-order chi connectivity index (χ0) is 31.6. The first kappa shape index (κ1) is 31.8. The summed E-state index contributed by atoms with van der Waals surface area (Å²) in [6, 6.07) is 20.1. The minimum absolute atomic E-state index is 0.0612. The summed E-state index contributed by atoms with van der Waals surface area (Å²) in [6.07, 6.45) is 3.15. The van der Waals surface area contributed by atoms with Crippen molar-refractivity contribution in [2.75, 3.05) is 35.9 Å². The molecule has 0 radical (unpaired) electrons. The molecule has 2 aliphatic heterocycles. The van der Waals surface area contributed by atoms with Gasteiger partial charge in [-0.1, -0.05) is 65.7 Å². The van der Waals surface area contributed by atoms with Crippen LogP contribution in [-0.4, -0.2) is 63.5 Å². The number of ether oxygens (including phenoxy) is 1. The number of sulfonamides is 1. The molecule has 2 amide bonds. The highest BCUT2D eigenvalue weighted by Crippen LogP contribution is 2.40. The molecule has 12 heteroatoms. The van der Waals surface area contributed by atoms with Crippen LogP contribution in [0.1, 0.15) is 43.7 Å². The summed E-state index contributed by atoms with van der Waals surface area (Å²) in [5.41, 5.74) is 1.92. The Labute approximate surface area is 273 Å². The van der Waals surface area contributed by atoms with Gasteiger partial charge in [-0.25, -0.2) is 8.42 Å². The lowest BCUT2D eigenvalue weighted by Crippen LogP contribution is -2.53. The van der Waals surface area contributed by atoms with E-state index in [2.05, 4.69) is 39.8 Å². The largest absolute Gasteiger partial charge is 0.379 e. The smallest absolute Gasteiger partial charge is 0.265 e. The molecule has 0 bridgehead atoms. The Bertz CT molecular complexity index is 1640. The average Bonchev–Trinajstić information content (AvgIpc) is 3.04. The van der Waals surface area contributed by atoms with Crippen molar-refractivity contribution in [1.82, 2.24) is 10.2 Å². The fourth-order valence-electron chi connectivity index (χ4n) is 6.81. The van der Waals surface area contributed by atoms with Gasteiger partial charge in [0.25, 0.3) is 10.0 Å². The maximum absolute atomic E-state index is 14.0. The van der Waals surface area contributed by atoms with Crippen molar-refractivity contribution in [2.45, 2.75) is 55.1 Å². The summed E-state index contributed by atoms with van der Waals surface area (Å²) in [5.74, 6) is -0.515. The fourth-order valence-corrected chi connectivity index (χ4v) is 8.83. The lowest BCUT2D eigenvalue weighted by atomic mass is 9.78. The molecule has 2 fully saturated rings. The fraction of sp³-hybridized carbons (Fsp3) is 0.394. The van der Waals surface area contributed by atoms with Crippen molar-refractivity contribution >= 4 is 56.4 Å². The number of hydrogen-bond acceptors (Lipinski definition) is 6. The van der Waals surface area contributed by atoms with E-state index in [0.717, 1.165) is 56.3 Å². The SMILES string of the molecule is O=C(CC1C(=O)Nc2ccccc2N1S(=O)(=O)c1ccc(Cl)c(Cl)c1)NC1CCC(C(c2ccccc2)N2CCOCC2)CC1. The molecule has 238 valence electrons. The van der Waals surface area contributed by atoms with Crippen LogP contribution >= 0.6 is 23.2 Å². The van der Waals surface area contributed by atoms with Crippen LogP contribution in [0.25, 0.3) is 0 Å². The molecule has 1 saturated carbocycles. The van der Waals surface area contributed by atoms with E-state index in [9.17, 15) is 18.0 Å². The van der Waals surface area contributed by atoms with Gasteiger partial charge in [-0.3, -0.25) is 18.8 Å². The number of amides is 2. The number of anilines is 2. The normalized spacial score (nSPS) is 23.1. The van der Waals surface area contributed by atoms with Gasteiger partial charge in [0.05, 0.1) is 46.0 Å². The molecular weight excluding hydrogens is 635 g/mol. The third kappa shape index (κ3) is 6.85. The van der Waals surface area contributed by atoms with Crippen LogP contribution in [0.4, 0.5) is 11.4 Å². The Morgan fingerprint density at radius 3 is 2.33 bits per heavy atom. The summed E-state index contributed by atoms with van der Waals surface area (Å²) in [4.78, 5) is 29.2. The number of carbonyl (C=O) groups is 2. The van der Waals surface area contributed by atoms with E-state index in [1.165, 1.54) is 23.8 Å². The van der Waals surface area contributed by atoms with Gasteiger partial charge in [0.2, 0.25) is 11.8 Å².